The number of rotatable bonds is 6. The van der Waals surface area contributed by atoms with Crippen molar-refractivity contribution in [1.82, 2.24) is 4.90 Å². The van der Waals surface area contributed by atoms with Gasteiger partial charge in [0.2, 0.25) is 0 Å². The minimum Gasteiger partial charge on any atom is -0.441 e. The zero-order valence-corrected chi connectivity index (χ0v) is 17.1. The Morgan fingerprint density at radius 2 is 1.15 bits per heavy atom. The Kier molecular flexibility index (Phi) is 5.21. The number of ether oxygens (including phenoxy) is 1. The third kappa shape index (κ3) is 3.88. The van der Waals surface area contributed by atoms with E-state index in [1.54, 1.807) is 0 Å². The maximum atomic E-state index is 13.1. The second-order valence-electron chi connectivity index (χ2n) is 7.46. The lowest BCUT2D eigenvalue weighted by molar-refractivity contribution is -0.166. The molecule has 0 spiro atoms. The number of benzene rings is 2. The number of nitrogens with zero attached hydrogens (tertiary/aromatic N) is 5. The van der Waals surface area contributed by atoms with Crippen LogP contribution in [-0.4, -0.2) is 42.9 Å². The number of alkyl halides is 6. The lowest BCUT2D eigenvalue weighted by Crippen LogP contribution is -2.31. The van der Waals surface area contributed by atoms with E-state index in [0.717, 1.165) is 53.4 Å². The van der Waals surface area contributed by atoms with Gasteiger partial charge in [0.15, 0.2) is 6.73 Å². The summed E-state index contributed by atoms with van der Waals surface area (Å²) in [5, 5.41) is 12.3. The fraction of sp³-hybridized carbons (Fsp3) is 0.300. The highest BCUT2D eigenvalue weighted by Gasteiger charge is 2.65. The van der Waals surface area contributed by atoms with Crippen LogP contribution in [0.5, 0.6) is 0 Å². The Bertz CT molecular complexity index is 1180. The Morgan fingerprint density at radius 1 is 0.765 bits per heavy atom. The van der Waals surface area contributed by atoms with E-state index < -0.39 is 42.3 Å². The smallest absolute Gasteiger partial charge is 0.441 e. The molecule has 0 fully saturated rings. The molecule has 0 atom stereocenters. The van der Waals surface area contributed by atoms with E-state index in [1.165, 1.54) is 7.05 Å². The maximum Gasteiger partial charge on any atom is 0.442 e. The van der Waals surface area contributed by atoms with Crippen molar-refractivity contribution < 1.29 is 40.7 Å². The first-order chi connectivity index (χ1) is 15.8. The van der Waals surface area contributed by atoms with Crippen molar-refractivity contribution in [2.45, 2.75) is 23.7 Å². The first kappa shape index (κ1) is 23.3. The molecule has 4 rings (SSSR count). The zero-order valence-electron chi connectivity index (χ0n) is 17.1. The first-order valence-electron chi connectivity index (χ1n) is 9.46. The van der Waals surface area contributed by atoms with Crippen LogP contribution < -0.4 is 0 Å². The van der Waals surface area contributed by atoms with Crippen LogP contribution in [0.25, 0.3) is 0 Å². The molecular weight excluding hydrogens is 472 g/mol. The SMILES string of the molecule is CN(COC(=O)c1ccc(C2(C(F)(F)F)N=N2)cc1)C(=O)c1ccc(C2(C(F)(F)F)N=N2)cc1. The van der Waals surface area contributed by atoms with Crippen molar-refractivity contribution >= 4 is 11.9 Å². The molecule has 0 aliphatic carbocycles. The highest BCUT2D eigenvalue weighted by Crippen LogP contribution is 2.53. The number of carbonyl (C=O) groups excluding carboxylic acids is 2. The molecule has 0 radical (unpaired) electrons. The predicted octanol–water partition coefficient (Wildman–Crippen LogP) is 4.93. The molecule has 2 aromatic rings. The normalized spacial score (nSPS) is 17.3. The van der Waals surface area contributed by atoms with Crippen LogP contribution in [0.15, 0.2) is 69.0 Å². The van der Waals surface area contributed by atoms with Gasteiger partial charge < -0.3 is 9.64 Å². The average molecular weight is 485 g/mol. The molecule has 2 heterocycles. The Labute approximate surface area is 186 Å². The van der Waals surface area contributed by atoms with E-state index in [9.17, 15) is 35.9 Å². The molecule has 2 aliphatic heterocycles. The highest BCUT2D eigenvalue weighted by molar-refractivity contribution is 5.94. The van der Waals surface area contributed by atoms with Crippen LogP contribution in [0, 0.1) is 0 Å². The fourth-order valence-corrected chi connectivity index (χ4v) is 3.09. The second-order valence-corrected chi connectivity index (χ2v) is 7.46. The minimum absolute atomic E-state index is 0.0269. The summed E-state index contributed by atoms with van der Waals surface area (Å²) < 4.78 is 83.2. The van der Waals surface area contributed by atoms with Crippen LogP contribution in [-0.2, 0) is 16.1 Å². The quantitative estimate of drug-likeness (QED) is 0.330. The van der Waals surface area contributed by atoms with Gasteiger partial charge in [-0.1, -0.05) is 24.3 Å². The summed E-state index contributed by atoms with van der Waals surface area (Å²) in [7, 11) is 1.29. The Morgan fingerprint density at radius 3 is 1.50 bits per heavy atom. The lowest BCUT2D eigenvalue weighted by atomic mass is 10.0. The van der Waals surface area contributed by atoms with E-state index in [2.05, 4.69) is 20.5 Å². The van der Waals surface area contributed by atoms with E-state index in [1.807, 2.05) is 0 Å². The maximum absolute atomic E-state index is 13.1. The number of esters is 1. The minimum atomic E-state index is -4.70. The Balaban J connectivity index is 1.34. The topological polar surface area (TPSA) is 96.0 Å². The molecular formula is C20H13F6N5O3. The molecule has 1 amide bonds. The van der Waals surface area contributed by atoms with Gasteiger partial charge in [-0.3, -0.25) is 4.79 Å². The van der Waals surface area contributed by atoms with Gasteiger partial charge in [-0.15, -0.1) is 20.5 Å². The molecule has 0 aromatic heterocycles. The van der Waals surface area contributed by atoms with E-state index in [4.69, 9.17) is 4.74 Å². The van der Waals surface area contributed by atoms with Crippen LogP contribution in [0.4, 0.5) is 26.3 Å². The van der Waals surface area contributed by atoms with Crippen molar-refractivity contribution in [2.24, 2.45) is 20.5 Å². The van der Waals surface area contributed by atoms with E-state index in [0.29, 0.717) is 0 Å². The highest BCUT2D eigenvalue weighted by atomic mass is 19.4. The van der Waals surface area contributed by atoms with Crippen LogP contribution >= 0.6 is 0 Å². The van der Waals surface area contributed by atoms with Crippen LogP contribution in [0.3, 0.4) is 0 Å². The van der Waals surface area contributed by atoms with E-state index >= 15 is 0 Å². The van der Waals surface area contributed by atoms with Gasteiger partial charge in [-0.25, -0.2) is 4.79 Å². The van der Waals surface area contributed by atoms with Crippen molar-refractivity contribution in [3.8, 4) is 0 Å². The van der Waals surface area contributed by atoms with Crippen LogP contribution in [0.1, 0.15) is 31.8 Å². The second kappa shape index (κ2) is 7.60. The van der Waals surface area contributed by atoms with Gasteiger partial charge in [-0.05, 0) is 24.3 Å². The molecule has 178 valence electrons. The number of carbonyl (C=O) groups is 2. The average Bonchev–Trinajstić information content (AvgIpc) is 3.69. The van der Waals surface area contributed by atoms with E-state index in [-0.39, 0.29) is 22.3 Å². The van der Waals surface area contributed by atoms with Gasteiger partial charge >= 0.3 is 29.6 Å². The summed E-state index contributed by atoms with van der Waals surface area (Å²) in [6.07, 6.45) is -9.40. The van der Waals surface area contributed by atoms with Crippen molar-refractivity contribution in [3.05, 3.63) is 70.8 Å². The standard InChI is InChI=1S/C20H13F6N5O3/c1-31(15(32)11-2-6-13(7-3-11)17(27-28-17)19(21,22)23)10-34-16(33)12-4-8-14(9-5-12)18(29-30-18)20(24,25)26/h2-9H,10H2,1H3. The third-order valence-corrected chi connectivity index (χ3v) is 5.18. The first-order valence-corrected chi connectivity index (χ1v) is 9.46. The number of hydrogen-bond acceptors (Lipinski definition) is 7. The zero-order chi connectivity index (χ0) is 24.9. The summed E-state index contributed by atoms with van der Waals surface area (Å²) in [5.41, 5.74) is -5.76. The molecule has 0 saturated heterocycles. The summed E-state index contributed by atoms with van der Waals surface area (Å²) in [6.45, 7) is -0.518. The van der Waals surface area contributed by atoms with Crippen molar-refractivity contribution in [1.29, 1.82) is 0 Å². The van der Waals surface area contributed by atoms with Crippen LogP contribution in [0.2, 0.25) is 0 Å². The van der Waals surface area contributed by atoms with Gasteiger partial charge in [0, 0.05) is 23.7 Å². The number of halogens is 6. The summed E-state index contributed by atoms with van der Waals surface area (Å²) in [6, 6.07) is 8.80. The van der Waals surface area contributed by atoms with Gasteiger partial charge in [-0.2, -0.15) is 26.3 Å². The van der Waals surface area contributed by atoms with Gasteiger partial charge in [0.1, 0.15) is 0 Å². The molecule has 2 aliphatic rings. The molecule has 0 N–H and O–H groups in total. The monoisotopic (exact) mass is 485 g/mol. The summed E-state index contributed by atoms with van der Waals surface area (Å²) in [5.74, 6) is -1.55. The summed E-state index contributed by atoms with van der Waals surface area (Å²) >= 11 is 0. The fourth-order valence-electron chi connectivity index (χ4n) is 3.09. The number of amides is 1. The molecule has 8 nitrogen and oxygen atoms in total. The molecule has 34 heavy (non-hydrogen) atoms. The van der Waals surface area contributed by atoms with Crippen molar-refractivity contribution in [2.75, 3.05) is 13.8 Å². The summed E-state index contributed by atoms with van der Waals surface area (Å²) in [4.78, 5) is 25.6. The lowest BCUT2D eigenvalue weighted by Gasteiger charge is -2.18. The molecule has 0 unspecified atom stereocenters. The van der Waals surface area contributed by atoms with Gasteiger partial charge in [0.05, 0.1) is 5.56 Å². The molecule has 0 bridgehead atoms. The third-order valence-electron chi connectivity index (χ3n) is 5.18. The molecule has 0 saturated carbocycles. The molecule has 2 aromatic carbocycles. The largest absolute Gasteiger partial charge is 0.442 e. The predicted molar refractivity (Wildman–Crippen MR) is 100 cm³/mol. The Hall–Kier alpha value is -3.84. The number of hydrogen-bond donors (Lipinski definition) is 0. The van der Waals surface area contributed by atoms with Gasteiger partial charge in [0.25, 0.3) is 5.91 Å². The molecule has 14 heteroatoms. The van der Waals surface area contributed by atoms with Crippen molar-refractivity contribution in [3.63, 3.8) is 0 Å².